The predicted octanol–water partition coefficient (Wildman–Crippen LogP) is 3.97. The lowest BCUT2D eigenvalue weighted by Crippen LogP contribution is -2.05. The van der Waals surface area contributed by atoms with Gasteiger partial charge >= 0.3 is 0 Å². The third-order valence-corrected chi connectivity index (χ3v) is 5.48. The molecule has 0 radical (unpaired) electrons. The zero-order chi connectivity index (χ0) is 14.7. The quantitative estimate of drug-likeness (QED) is 0.687. The summed E-state index contributed by atoms with van der Waals surface area (Å²) in [5.74, 6) is 3.31. The van der Waals surface area contributed by atoms with Crippen LogP contribution < -0.4 is 5.32 Å². The molecule has 0 saturated heterocycles. The lowest BCUT2D eigenvalue weighted by Gasteiger charge is -2.07. The summed E-state index contributed by atoms with van der Waals surface area (Å²) in [6, 6.07) is 2.07. The number of aromatic nitrogens is 4. The summed E-state index contributed by atoms with van der Waals surface area (Å²) in [6.45, 7) is 4.97. The number of thiophene rings is 1. The van der Waals surface area contributed by atoms with Crippen molar-refractivity contribution < 1.29 is 0 Å². The van der Waals surface area contributed by atoms with Crippen LogP contribution in [0.1, 0.15) is 25.0 Å². The summed E-state index contributed by atoms with van der Waals surface area (Å²) >= 11 is 4.71. The second-order valence-electron chi connectivity index (χ2n) is 4.45. The summed E-state index contributed by atoms with van der Waals surface area (Å²) in [5, 5.41) is 6.55. The fourth-order valence-corrected chi connectivity index (χ4v) is 4.09. The molecule has 8 heteroatoms. The fourth-order valence-electron chi connectivity index (χ4n) is 1.81. The van der Waals surface area contributed by atoms with Crippen molar-refractivity contribution in [1.29, 1.82) is 0 Å². The van der Waals surface area contributed by atoms with Crippen LogP contribution in [0.15, 0.2) is 15.8 Å². The molecule has 0 aliphatic heterocycles. The zero-order valence-electron chi connectivity index (χ0n) is 11.8. The molecule has 3 heterocycles. The third kappa shape index (κ3) is 3.50. The molecule has 0 unspecified atom stereocenters. The molecule has 1 N–H and O–H groups in total. The molecule has 0 aliphatic carbocycles. The van der Waals surface area contributed by atoms with Crippen LogP contribution in [0.5, 0.6) is 0 Å². The van der Waals surface area contributed by atoms with Gasteiger partial charge in [0.25, 0.3) is 0 Å². The average Bonchev–Trinajstić information content (AvgIpc) is 3.11. The van der Waals surface area contributed by atoms with E-state index < -0.39 is 0 Å². The van der Waals surface area contributed by atoms with Crippen molar-refractivity contribution in [3.63, 3.8) is 0 Å². The van der Waals surface area contributed by atoms with Gasteiger partial charge in [-0.25, -0.2) is 15.0 Å². The van der Waals surface area contributed by atoms with E-state index in [2.05, 4.69) is 43.0 Å². The van der Waals surface area contributed by atoms with E-state index >= 15 is 0 Å². The topological polar surface area (TPSA) is 63.6 Å². The van der Waals surface area contributed by atoms with Crippen molar-refractivity contribution in [2.75, 3.05) is 11.9 Å². The normalized spacial score (nSPS) is 11.1. The Hall–Kier alpha value is -1.25. The highest BCUT2D eigenvalue weighted by Crippen LogP contribution is 2.28. The van der Waals surface area contributed by atoms with Crippen LogP contribution in [0.3, 0.4) is 0 Å². The molecule has 0 spiro atoms. The second-order valence-corrected chi connectivity index (χ2v) is 7.32. The number of hydrogen-bond donors (Lipinski definition) is 1. The lowest BCUT2D eigenvalue weighted by atomic mass is 10.3. The highest BCUT2D eigenvalue weighted by Gasteiger charge is 2.10. The first-order valence-electron chi connectivity index (χ1n) is 6.67. The SMILES string of the molecule is CCCNc1nc(CSc2nc(C)ns2)nc2sccc12. The minimum atomic E-state index is 0.712. The third-order valence-electron chi connectivity index (χ3n) is 2.75. The second kappa shape index (κ2) is 6.67. The smallest absolute Gasteiger partial charge is 0.170 e. The Balaban J connectivity index is 1.80. The highest BCUT2D eigenvalue weighted by atomic mass is 32.2. The maximum Gasteiger partial charge on any atom is 0.170 e. The first-order chi connectivity index (χ1) is 10.3. The van der Waals surface area contributed by atoms with Crippen LogP contribution in [-0.4, -0.2) is 25.9 Å². The summed E-state index contributed by atoms with van der Waals surface area (Å²) in [7, 11) is 0. The molecule has 0 atom stereocenters. The van der Waals surface area contributed by atoms with Gasteiger partial charge in [0.1, 0.15) is 22.3 Å². The maximum absolute atomic E-state index is 4.65. The van der Waals surface area contributed by atoms with Gasteiger partial charge in [-0.3, -0.25) is 0 Å². The summed E-state index contributed by atoms with van der Waals surface area (Å²) < 4.78 is 5.15. The van der Waals surface area contributed by atoms with Gasteiger partial charge in [0, 0.05) is 6.54 Å². The van der Waals surface area contributed by atoms with E-state index in [9.17, 15) is 0 Å². The summed E-state index contributed by atoms with van der Waals surface area (Å²) in [4.78, 5) is 14.7. The van der Waals surface area contributed by atoms with Crippen molar-refractivity contribution in [2.24, 2.45) is 0 Å². The Labute approximate surface area is 135 Å². The Morgan fingerprint density at radius 1 is 1.29 bits per heavy atom. The van der Waals surface area contributed by atoms with E-state index in [0.29, 0.717) is 5.75 Å². The molecule has 3 rings (SSSR count). The van der Waals surface area contributed by atoms with Gasteiger partial charge in [-0.05, 0) is 36.3 Å². The first kappa shape index (κ1) is 14.7. The molecule has 0 saturated carbocycles. The fraction of sp³-hybridized carbons (Fsp3) is 0.385. The van der Waals surface area contributed by atoms with Crippen molar-refractivity contribution >= 4 is 50.7 Å². The first-order valence-corrected chi connectivity index (χ1v) is 9.31. The zero-order valence-corrected chi connectivity index (χ0v) is 14.2. The molecule has 0 bridgehead atoms. The average molecular weight is 337 g/mol. The van der Waals surface area contributed by atoms with E-state index in [1.165, 1.54) is 11.5 Å². The Morgan fingerprint density at radius 3 is 2.95 bits per heavy atom. The van der Waals surface area contributed by atoms with Gasteiger partial charge in [0.05, 0.1) is 11.1 Å². The Morgan fingerprint density at radius 2 is 2.19 bits per heavy atom. The van der Waals surface area contributed by atoms with E-state index in [4.69, 9.17) is 0 Å². The molecule has 0 fully saturated rings. The largest absolute Gasteiger partial charge is 0.369 e. The van der Waals surface area contributed by atoms with Gasteiger partial charge in [-0.2, -0.15) is 4.37 Å². The van der Waals surface area contributed by atoms with Gasteiger partial charge in [0.2, 0.25) is 0 Å². The van der Waals surface area contributed by atoms with E-state index in [1.54, 1.807) is 23.1 Å². The number of anilines is 1. The number of hydrogen-bond acceptors (Lipinski definition) is 8. The number of rotatable bonds is 6. The monoisotopic (exact) mass is 337 g/mol. The predicted molar refractivity (Wildman–Crippen MR) is 90.4 cm³/mol. The van der Waals surface area contributed by atoms with Gasteiger partial charge in [-0.15, -0.1) is 11.3 Å². The van der Waals surface area contributed by atoms with E-state index in [1.807, 2.05) is 6.92 Å². The standard InChI is InChI=1S/C13H15N5S3/c1-3-5-14-11-9-4-6-19-12(9)17-10(16-11)7-20-13-15-8(2)18-21-13/h4,6H,3,5,7H2,1-2H3,(H,14,16,17). The van der Waals surface area contributed by atoms with Crippen LogP contribution in [0.2, 0.25) is 0 Å². The number of nitrogens with zero attached hydrogens (tertiary/aromatic N) is 4. The van der Waals surface area contributed by atoms with Gasteiger partial charge in [0.15, 0.2) is 4.34 Å². The molecule has 0 aromatic carbocycles. The number of aryl methyl sites for hydroxylation is 1. The van der Waals surface area contributed by atoms with E-state index in [0.717, 1.165) is 45.0 Å². The summed E-state index contributed by atoms with van der Waals surface area (Å²) in [5.41, 5.74) is 0. The van der Waals surface area contributed by atoms with Crippen molar-refractivity contribution in [3.05, 3.63) is 23.1 Å². The van der Waals surface area contributed by atoms with Crippen molar-refractivity contribution in [2.45, 2.75) is 30.4 Å². The Bertz CT molecular complexity index is 736. The van der Waals surface area contributed by atoms with Crippen LogP contribution >= 0.6 is 34.6 Å². The van der Waals surface area contributed by atoms with Crippen LogP contribution in [0, 0.1) is 6.92 Å². The summed E-state index contributed by atoms with van der Waals surface area (Å²) in [6.07, 6.45) is 1.07. The molecule has 110 valence electrons. The molecule has 0 aliphatic rings. The number of nitrogens with one attached hydrogen (secondary N) is 1. The molecule has 3 aromatic heterocycles. The van der Waals surface area contributed by atoms with Crippen LogP contribution in [0.4, 0.5) is 5.82 Å². The molecule has 21 heavy (non-hydrogen) atoms. The lowest BCUT2D eigenvalue weighted by molar-refractivity contribution is 0.961. The van der Waals surface area contributed by atoms with Gasteiger partial charge < -0.3 is 5.32 Å². The van der Waals surface area contributed by atoms with Crippen molar-refractivity contribution in [1.82, 2.24) is 19.3 Å². The maximum atomic E-state index is 4.65. The molecular weight excluding hydrogens is 322 g/mol. The number of thioether (sulfide) groups is 1. The Kier molecular flexibility index (Phi) is 4.67. The highest BCUT2D eigenvalue weighted by molar-refractivity contribution is 8.00. The van der Waals surface area contributed by atoms with Gasteiger partial charge in [-0.1, -0.05) is 18.7 Å². The van der Waals surface area contributed by atoms with Crippen LogP contribution in [-0.2, 0) is 5.75 Å². The van der Waals surface area contributed by atoms with Crippen molar-refractivity contribution in [3.8, 4) is 0 Å². The van der Waals surface area contributed by atoms with Crippen LogP contribution in [0.25, 0.3) is 10.2 Å². The number of fused-ring (bicyclic) bond motifs is 1. The minimum Gasteiger partial charge on any atom is -0.369 e. The van der Waals surface area contributed by atoms with E-state index in [-0.39, 0.29) is 0 Å². The minimum absolute atomic E-state index is 0.712. The molecule has 0 amide bonds. The molecule has 3 aromatic rings. The molecule has 5 nitrogen and oxygen atoms in total. The molecular formula is C13H15N5S3.